The van der Waals surface area contributed by atoms with Gasteiger partial charge in [0.2, 0.25) is 0 Å². The van der Waals surface area contributed by atoms with Crippen LogP contribution in [0.1, 0.15) is 69.4 Å². The number of fused-ring (bicyclic) bond motifs is 1. The third-order valence-electron chi connectivity index (χ3n) is 8.39. The molecule has 0 N–H and O–H groups in total. The van der Waals surface area contributed by atoms with Gasteiger partial charge in [-0.05, 0) is 87.3 Å². The second-order valence-corrected chi connectivity index (χ2v) is 12.9. The standard InChI is InChI=1S/C39H48ClN6O4/c1-31(47)50-39-35(27-36(40)34-17-9-19-42-38(34)39)37-30-46(44-43-37)22-5-7-24-49-26-12-16-33-14-10-21-45(29-33)20-4-2-3-6-23-48-25-11-15-32-13-8-18-41-28-32/h8-10,13-14,17-19,21,27-30H,2-7,11-12,15-16,20,22-26H2,1H3/q+1. The molecule has 0 aliphatic heterocycles. The van der Waals surface area contributed by atoms with Gasteiger partial charge in [-0.15, -0.1) is 5.10 Å². The van der Waals surface area contributed by atoms with E-state index in [2.05, 4.69) is 55.4 Å². The number of pyridine rings is 3. The Hall–Kier alpha value is -4.25. The van der Waals surface area contributed by atoms with Crippen LogP contribution in [0.25, 0.3) is 22.2 Å². The van der Waals surface area contributed by atoms with E-state index >= 15 is 0 Å². The molecule has 264 valence electrons. The lowest BCUT2D eigenvalue weighted by molar-refractivity contribution is -0.697. The minimum absolute atomic E-state index is 0.333. The van der Waals surface area contributed by atoms with Crippen LogP contribution in [-0.2, 0) is 40.2 Å². The van der Waals surface area contributed by atoms with Crippen molar-refractivity contribution < 1.29 is 23.6 Å². The molecular weight excluding hydrogens is 652 g/mol. The molecule has 0 aliphatic carbocycles. The van der Waals surface area contributed by atoms with Crippen molar-refractivity contribution >= 4 is 28.5 Å². The monoisotopic (exact) mass is 699 g/mol. The van der Waals surface area contributed by atoms with Crippen LogP contribution in [0.5, 0.6) is 5.75 Å². The topological polar surface area (TPSA) is 105 Å². The maximum atomic E-state index is 11.9. The number of benzene rings is 1. The zero-order valence-electron chi connectivity index (χ0n) is 29.0. The lowest BCUT2D eigenvalue weighted by Gasteiger charge is -2.11. The molecule has 5 aromatic rings. The molecule has 50 heavy (non-hydrogen) atoms. The first-order valence-electron chi connectivity index (χ1n) is 17.8. The summed E-state index contributed by atoms with van der Waals surface area (Å²) in [6.07, 6.45) is 22.3. The molecule has 0 fully saturated rings. The van der Waals surface area contributed by atoms with Crippen molar-refractivity contribution in [2.24, 2.45) is 0 Å². The molecule has 0 bridgehead atoms. The van der Waals surface area contributed by atoms with Gasteiger partial charge in [0.25, 0.3) is 0 Å². The van der Waals surface area contributed by atoms with Crippen LogP contribution in [0.3, 0.4) is 0 Å². The lowest BCUT2D eigenvalue weighted by atomic mass is 10.1. The van der Waals surface area contributed by atoms with Gasteiger partial charge in [0.1, 0.15) is 17.8 Å². The average molecular weight is 700 g/mol. The Morgan fingerprint density at radius 1 is 0.860 bits per heavy atom. The molecule has 4 heterocycles. The number of nitrogens with zero attached hydrogens (tertiary/aromatic N) is 6. The van der Waals surface area contributed by atoms with Crippen molar-refractivity contribution in [1.82, 2.24) is 25.0 Å². The van der Waals surface area contributed by atoms with E-state index in [0.29, 0.717) is 46.1 Å². The molecule has 0 aliphatic rings. The summed E-state index contributed by atoms with van der Waals surface area (Å²) in [5.74, 6) is -0.108. The van der Waals surface area contributed by atoms with Crippen molar-refractivity contribution in [2.45, 2.75) is 84.2 Å². The largest absolute Gasteiger partial charge is 0.424 e. The maximum Gasteiger partial charge on any atom is 0.308 e. The summed E-state index contributed by atoms with van der Waals surface area (Å²) in [6.45, 7) is 6.22. The molecule has 0 saturated heterocycles. The summed E-state index contributed by atoms with van der Waals surface area (Å²) < 4.78 is 21.4. The molecule has 0 amide bonds. The Kier molecular flexibility index (Phi) is 15.1. The summed E-state index contributed by atoms with van der Waals surface area (Å²) in [7, 11) is 0. The average Bonchev–Trinajstić information content (AvgIpc) is 3.60. The lowest BCUT2D eigenvalue weighted by Crippen LogP contribution is -2.33. The molecule has 0 radical (unpaired) electrons. The number of halogens is 1. The minimum Gasteiger partial charge on any atom is -0.424 e. The van der Waals surface area contributed by atoms with Gasteiger partial charge in [0.05, 0.1) is 16.8 Å². The van der Waals surface area contributed by atoms with Gasteiger partial charge in [-0.2, -0.15) is 0 Å². The van der Waals surface area contributed by atoms with Crippen LogP contribution in [0.2, 0.25) is 5.02 Å². The molecule has 10 nitrogen and oxygen atoms in total. The smallest absolute Gasteiger partial charge is 0.308 e. The van der Waals surface area contributed by atoms with Crippen LogP contribution in [-0.4, -0.2) is 57.4 Å². The molecule has 0 spiro atoms. The number of unbranched alkanes of at least 4 members (excludes halogenated alkanes) is 4. The van der Waals surface area contributed by atoms with Gasteiger partial charge in [-0.1, -0.05) is 29.3 Å². The first kappa shape index (κ1) is 37.0. The fourth-order valence-corrected chi connectivity index (χ4v) is 6.11. The summed E-state index contributed by atoms with van der Waals surface area (Å²) >= 11 is 6.53. The Bertz CT molecular complexity index is 1770. The highest BCUT2D eigenvalue weighted by molar-refractivity contribution is 6.36. The van der Waals surface area contributed by atoms with E-state index in [1.807, 2.05) is 30.7 Å². The third-order valence-corrected chi connectivity index (χ3v) is 8.70. The fraction of sp³-hybridized carbons (Fsp3) is 0.436. The van der Waals surface area contributed by atoms with Crippen LogP contribution >= 0.6 is 11.6 Å². The van der Waals surface area contributed by atoms with Gasteiger partial charge >= 0.3 is 5.97 Å². The van der Waals surface area contributed by atoms with Crippen LogP contribution in [0, 0.1) is 0 Å². The Balaban J connectivity index is 0.911. The van der Waals surface area contributed by atoms with Gasteiger partial charge < -0.3 is 14.2 Å². The summed E-state index contributed by atoms with van der Waals surface area (Å²) in [5.41, 5.74) is 4.28. The molecular formula is C39H48ClN6O4+. The third kappa shape index (κ3) is 12.0. The van der Waals surface area contributed by atoms with E-state index < -0.39 is 5.97 Å². The van der Waals surface area contributed by atoms with Crippen molar-refractivity contribution in [3.05, 3.63) is 95.8 Å². The van der Waals surface area contributed by atoms with Gasteiger partial charge in [-0.25, -0.2) is 4.57 Å². The van der Waals surface area contributed by atoms with Crippen molar-refractivity contribution in [2.75, 3.05) is 26.4 Å². The Morgan fingerprint density at radius 2 is 1.60 bits per heavy atom. The van der Waals surface area contributed by atoms with Crippen LogP contribution < -0.4 is 9.30 Å². The van der Waals surface area contributed by atoms with Crippen molar-refractivity contribution in [3.63, 3.8) is 0 Å². The van der Waals surface area contributed by atoms with Crippen LogP contribution in [0.15, 0.2) is 79.6 Å². The van der Waals surface area contributed by atoms with Gasteiger partial charge in [0, 0.05) is 81.9 Å². The number of carbonyl (C=O) groups excluding carboxylic acids is 1. The van der Waals surface area contributed by atoms with E-state index in [4.69, 9.17) is 25.8 Å². The molecule has 0 saturated carbocycles. The molecule has 1 aromatic carbocycles. The highest BCUT2D eigenvalue weighted by atomic mass is 35.5. The van der Waals surface area contributed by atoms with E-state index in [0.717, 1.165) is 71.3 Å². The number of esters is 1. The normalized spacial score (nSPS) is 11.3. The summed E-state index contributed by atoms with van der Waals surface area (Å²) in [5, 5.41) is 9.81. The Labute approximate surface area is 299 Å². The van der Waals surface area contributed by atoms with Gasteiger partial charge in [-0.3, -0.25) is 19.4 Å². The van der Waals surface area contributed by atoms with E-state index in [1.54, 1.807) is 23.0 Å². The second-order valence-electron chi connectivity index (χ2n) is 12.5. The molecule has 11 heteroatoms. The van der Waals surface area contributed by atoms with Crippen molar-refractivity contribution in [3.8, 4) is 17.0 Å². The summed E-state index contributed by atoms with van der Waals surface area (Å²) in [6, 6.07) is 13.8. The van der Waals surface area contributed by atoms with Gasteiger partial charge in [0.15, 0.2) is 18.1 Å². The molecule has 0 unspecified atom stereocenters. The molecule has 4 aromatic heterocycles. The van der Waals surface area contributed by atoms with E-state index in [1.165, 1.54) is 37.3 Å². The fourth-order valence-electron chi connectivity index (χ4n) is 5.84. The van der Waals surface area contributed by atoms with Crippen molar-refractivity contribution in [1.29, 1.82) is 0 Å². The molecule has 0 atom stereocenters. The predicted molar refractivity (Wildman–Crippen MR) is 194 cm³/mol. The number of aromatic nitrogens is 6. The summed E-state index contributed by atoms with van der Waals surface area (Å²) in [4.78, 5) is 20.4. The zero-order chi connectivity index (χ0) is 34.8. The first-order chi connectivity index (χ1) is 24.6. The highest BCUT2D eigenvalue weighted by Crippen LogP contribution is 2.39. The van der Waals surface area contributed by atoms with Crippen LogP contribution in [0.4, 0.5) is 0 Å². The first-order valence-corrected chi connectivity index (χ1v) is 18.1. The Morgan fingerprint density at radius 3 is 2.40 bits per heavy atom. The number of hydrogen-bond donors (Lipinski definition) is 0. The number of rotatable bonds is 22. The second kappa shape index (κ2) is 20.4. The van der Waals surface area contributed by atoms with E-state index in [9.17, 15) is 4.79 Å². The predicted octanol–water partition coefficient (Wildman–Crippen LogP) is 7.39. The molecule has 5 rings (SSSR count). The zero-order valence-corrected chi connectivity index (χ0v) is 29.8. The number of carbonyl (C=O) groups is 1. The number of ether oxygens (including phenoxy) is 3. The highest BCUT2D eigenvalue weighted by Gasteiger charge is 2.19. The minimum atomic E-state index is -0.441. The van der Waals surface area contributed by atoms with E-state index in [-0.39, 0.29) is 0 Å². The SMILES string of the molecule is CC(=O)Oc1c(-c2cn(CCCCOCCCc3ccc[n+](CCCCCCOCCCc4cccnc4)c3)nn2)cc(Cl)c2cccnc12. The quantitative estimate of drug-likeness (QED) is 0.0319. The maximum absolute atomic E-state index is 11.9. The number of hydrogen-bond acceptors (Lipinski definition) is 8. The number of aryl methyl sites for hydroxylation is 4.